The standard InChI is InChI=1S/C31H37N5OS.C19H22N4S/c1-3-9-24(10-4-1)21-32-30-27(26-11-5-2-6-12-26)28-29(33-23-34-31(28)38-30)36-17-13-25(14-18-36)22-37-20-19-35-15-7-8-16-35;1-22(2)15-8-10-23(11-9-15)18-17-16(14-6-4-3-5-7-14)12-24-19(17)21-13-20-18/h1-6,9-12,23,25,32H,7-8,13-22H2;3-7,12-13,15H,8-11H2,1-2H3. The molecule has 3 aliphatic rings. The molecule has 0 radical (unpaired) electrons. The number of thiophene rings is 2. The highest BCUT2D eigenvalue weighted by atomic mass is 32.1. The van der Waals surface area contributed by atoms with Crippen molar-refractivity contribution >= 4 is 59.7 Å². The number of nitrogens with one attached hydrogen (secondary N) is 1. The average molecular weight is 866 g/mol. The van der Waals surface area contributed by atoms with Crippen molar-refractivity contribution < 1.29 is 4.74 Å². The van der Waals surface area contributed by atoms with Gasteiger partial charge in [0.2, 0.25) is 0 Å². The summed E-state index contributed by atoms with van der Waals surface area (Å²) in [4.78, 5) is 30.6. The summed E-state index contributed by atoms with van der Waals surface area (Å²) in [5.74, 6) is 2.78. The maximum atomic E-state index is 6.10. The summed E-state index contributed by atoms with van der Waals surface area (Å²) in [7, 11) is 4.35. The molecule has 3 fully saturated rings. The zero-order valence-electron chi connectivity index (χ0n) is 36.2. The van der Waals surface area contributed by atoms with Gasteiger partial charge in [0.05, 0.1) is 22.4 Å². The Morgan fingerprint density at radius 1 is 0.677 bits per heavy atom. The number of fused-ring (bicyclic) bond motifs is 2. The Morgan fingerprint density at radius 2 is 1.27 bits per heavy atom. The molecule has 0 bridgehead atoms. The van der Waals surface area contributed by atoms with Crippen molar-refractivity contribution in [3.05, 3.63) is 115 Å². The van der Waals surface area contributed by atoms with E-state index in [2.05, 4.69) is 145 Å². The molecule has 10 nitrogen and oxygen atoms in total. The second kappa shape index (κ2) is 20.5. The highest BCUT2D eigenvalue weighted by Crippen LogP contribution is 2.46. The predicted octanol–water partition coefficient (Wildman–Crippen LogP) is 10.2. The molecule has 0 spiro atoms. The number of benzene rings is 3. The van der Waals surface area contributed by atoms with Crippen molar-refractivity contribution in [2.24, 2.45) is 5.92 Å². The first-order chi connectivity index (χ1) is 30.6. The first kappa shape index (κ1) is 42.3. The molecule has 7 heterocycles. The van der Waals surface area contributed by atoms with E-state index in [1.807, 2.05) is 0 Å². The minimum absolute atomic E-state index is 0.626. The third-order valence-corrected chi connectivity index (χ3v) is 14.7. The van der Waals surface area contributed by atoms with E-state index in [1.165, 1.54) is 77.4 Å². The fourth-order valence-corrected chi connectivity index (χ4v) is 11.2. The Bertz CT molecular complexity index is 2460. The summed E-state index contributed by atoms with van der Waals surface area (Å²) in [6, 6.07) is 32.5. The number of anilines is 3. The van der Waals surface area contributed by atoms with Gasteiger partial charge in [0.25, 0.3) is 0 Å². The third-order valence-electron chi connectivity index (χ3n) is 12.8. The van der Waals surface area contributed by atoms with E-state index in [1.54, 1.807) is 35.3 Å². The molecule has 10 rings (SSSR count). The minimum atomic E-state index is 0.626. The molecule has 3 saturated heterocycles. The van der Waals surface area contributed by atoms with Gasteiger partial charge in [0.1, 0.15) is 34.0 Å². The quantitative estimate of drug-likeness (QED) is 0.113. The lowest BCUT2D eigenvalue weighted by Crippen LogP contribution is -2.42. The zero-order chi connectivity index (χ0) is 42.1. The van der Waals surface area contributed by atoms with Crippen LogP contribution in [0, 0.1) is 5.92 Å². The van der Waals surface area contributed by atoms with Gasteiger partial charge in [0, 0.05) is 68.4 Å². The fraction of sp³-hybridized carbons (Fsp3) is 0.400. The van der Waals surface area contributed by atoms with Gasteiger partial charge >= 0.3 is 0 Å². The molecule has 0 saturated carbocycles. The van der Waals surface area contributed by atoms with Crippen LogP contribution in [0.3, 0.4) is 0 Å². The fourth-order valence-electron chi connectivity index (χ4n) is 9.23. The molecule has 0 atom stereocenters. The molecule has 7 aromatic rings. The van der Waals surface area contributed by atoms with E-state index >= 15 is 0 Å². The van der Waals surface area contributed by atoms with Crippen LogP contribution in [0.15, 0.2) is 109 Å². The molecule has 12 heteroatoms. The van der Waals surface area contributed by atoms with E-state index < -0.39 is 0 Å². The van der Waals surface area contributed by atoms with E-state index in [9.17, 15) is 0 Å². The van der Waals surface area contributed by atoms with Gasteiger partial charge in [0.15, 0.2) is 0 Å². The van der Waals surface area contributed by atoms with Gasteiger partial charge in [-0.3, -0.25) is 0 Å². The van der Waals surface area contributed by atoms with Crippen molar-refractivity contribution in [1.82, 2.24) is 29.7 Å². The SMILES string of the molecule is CN(C)C1CCN(c2ncnc3scc(-c4ccccc4)c23)CC1.c1ccc(CNc2sc3ncnc(N4CCC(COCCN5CCCC5)CC4)c3c2-c2ccccc2)cc1. The number of nitrogens with zero attached hydrogens (tertiary/aromatic N) is 8. The topological polar surface area (TPSA) is 85.8 Å². The number of hydrogen-bond acceptors (Lipinski definition) is 12. The first-order valence-electron chi connectivity index (χ1n) is 22.4. The Morgan fingerprint density at radius 3 is 1.94 bits per heavy atom. The van der Waals surface area contributed by atoms with Crippen molar-refractivity contribution in [3.8, 4) is 22.3 Å². The highest BCUT2D eigenvalue weighted by molar-refractivity contribution is 7.23. The minimum Gasteiger partial charge on any atom is -0.380 e. The second-order valence-electron chi connectivity index (χ2n) is 17.0. The van der Waals surface area contributed by atoms with E-state index in [4.69, 9.17) is 14.7 Å². The molecule has 322 valence electrons. The van der Waals surface area contributed by atoms with Crippen LogP contribution in [-0.4, -0.2) is 109 Å². The van der Waals surface area contributed by atoms with Crippen molar-refractivity contribution in [1.29, 1.82) is 0 Å². The smallest absolute Gasteiger partial charge is 0.141 e. The Hall–Kier alpha value is -4.98. The molecule has 4 aromatic heterocycles. The molecule has 1 N–H and O–H groups in total. The monoisotopic (exact) mass is 865 g/mol. The molecule has 0 unspecified atom stereocenters. The lowest BCUT2D eigenvalue weighted by molar-refractivity contribution is 0.0753. The van der Waals surface area contributed by atoms with Crippen molar-refractivity contribution in [2.45, 2.75) is 51.1 Å². The summed E-state index contributed by atoms with van der Waals surface area (Å²) in [6.45, 7) is 10.2. The second-order valence-corrected chi connectivity index (χ2v) is 18.9. The van der Waals surface area contributed by atoms with Gasteiger partial charge in [-0.1, -0.05) is 102 Å². The number of ether oxygens (including phenoxy) is 1. The van der Waals surface area contributed by atoms with Crippen LogP contribution in [0.1, 0.15) is 44.1 Å². The van der Waals surface area contributed by atoms with Crippen LogP contribution in [0.25, 0.3) is 42.7 Å². The van der Waals surface area contributed by atoms with Crippen LogP contribution in [-0.2, 0) is 11.3 Å². The molecular formula is C50H59N9OS2. The number of likely N-dealkylation sites (tertiary alicyclic amines) is 1. The highest BCUT2D eigenvalue weighted by Gasteiger charge is 2.27. The molecular weight excluding hydrogens is 807 g/mol. The molecule has 0 amide bonds. The lowest BCUT2D eigenvalue weighted by atomic mass is 9.97. The van der Waals surface area contributed by atoms with Gasteiger partial charge < -0.3 is 29.7 Å². The number of piperidine rings is 2. The maximum absolute atomic E-state index is 6.10. The number of aromatic nitrogens is 4. The predicted molar refractivity (Wildman–Crippen MR) is 260 cm³/mol. The van der Waals surface area contributed by atoms with E-state index in [0.717, 1.165) is 91.6 Å². The Kier molecular flexibility index (Phi) is 14.0. The van der Waals surface area contributed by atoms with Crippen LogP contribution >= 0.6 is 22.7 Å². The van der Waals surface area contributed by atoms with Crippen molar-refractivity contribution in [3.63, 3.8) is 0 Å². The summed E-state index contributed by atoms with van der Waals surface area (Å²) >= 11 is 3.43. The molecule has 0 aliphatic carbocycles. The van der Waals surface area contributed by atoms with Gasteiger partial charge in [-0.2, -0.15) is 0 Å². The summed E-state index contributed by atoms with van der Waals surface area (Å²) in [5, 5.41) is 9.45. The molecule has 3 aromatic carbocycles. The number of rotatable bonds is 13. The van der Waals surface area contributed by atoms with Crippen molar-refractivity contribution in [2.75, 3.05) is 88.2 Å². The van der Waals surface area contributed by atoms with Gasteiger partial charge in [-0.15, -0.1) is 11.3 Å². The number of hydrogen-bond donors (Lipinski definition) is 1. The average Bonchev–Trinajstić information content (AvgIpc) is 4.11. The maximum Gasteiger partial charge on any atom is 0.141 e. The zero-order valence-corrected chi connectivity index (χ0v) is 37.8. The van der Waals surface area contributed by atoms with Gasteiger partial charge in [-0.25, -0.2) is 19.9 Å². The van der Waals surface area contributed by atoms with Crippen LogP contribution in [0.4, 0.5) is 16.6 Å². The molecule has 3 aliphatic heterocycles. The normalized spacial score (nSPS) is 16.6. The summed E-state index contributed by atoms with van der Waals surface area (Å²) < 4.78 is 6.10. The summed E-state index contributed by atoms with van der Waals surface area (Å²) in [6.07, 6.45) is 10.8. The first-order valence-corrected chi connectivity index (χ1v) is 24.1. The van der Waals surface area contributed by atoms with Crippen LogP contribution in [0.5, 0.6) is 0 Å². The van der Waals surface area contributed by atoms with E-state index in [-0.39, 0.29) is 0 Å². The lowest BCUT2D eigenvalue weighted by Gasteiger charge is -2.36. The van der Waals surface area contributed by atoms with Gasteiger partial charge in [-0.05, 0) is 88.3 Å². The van der Waals surface area contributed by atoms with Crippen LogP contribution in [0.2, 0.25) is 0 Å². The Labute approximate surface area is 374 Å². The van der Waals surface area contributed by atoms with E-state index in [0.29, 0.717) is 12.0 Å². The summed E-state index contributed by atoms with van der Waals surface area (Å²) in [5.41, 5.74) is 6.17. The largest absolute Gasteiger partial charge is 0.380 e. The Balaban J connectivity index is 0.000000175. The molecule has 62 heavy (non-hydrogen) atoms. The third kappa shape index (κ3) is 9.95. The van der Waals surface area contributed by atoms with Crippen LogP contribution < -0.4 is 15.1 Å².